The lowest BCUT2D eigenvalue weighted by Crippen LogP contribution is -1.85. The largest absolute Gasteiger partial charge is 0.338 e. The van der Waals surface area contributed by atoms with E-state index in [1.807, 2.05) is 10.8 Å². The number of hydrogen-bond donors (Lipinski definition) is 1. The molecule has 1 heterocycles. The molecule has 0 radical (unpaired) electrons. The molecule has 54 valence electrons. The molecule has 0 aliphatic rings. The van der Waals surface area contributed by atoms with E-state index in [9.17, 15) is 0 Å². The Labute approximate surface area is 65.7 Å². The van der Waals surface area contributed by atoms with Crippen LogP contribution in [0.2, 0.25) is 0 Å². The van der Waals surface area contributed by atoms with Gasteiger partial charge in [0.15, 0.2) is 0 Å². The van der Waals surface area contributed by atoms with Crippen molar-refractivity contribution in [2.75, 3.05) is 0 Å². The Bertz CT molecular complexity index is 187. The first kappa shape index (κ1) is 9.05. The highest BCUT2D eigenvalue weighted by molar-refractivity contribution is 7.85. The zero-order valence-electron chi connectivity index (χ0n) is 5.73. The molecule has 0 fully saturated rings. The summed E-state index contributed by atoms with van der Waals surface area (Å²) in [5.74, 6) is 0. The predicted octanol–water partition coefficient (Wildman–Crippen LogP) is 1.30. The standard InChI is InChI=1S/C5H8N2.CHNS/c1-2-7-4-3-6-5-7;2-1-3/h3-5H,2H2,1H3;3H. The molecule has 0 N–H and O–H groups in total. The molecule has 0 saturated heterocycles. The Morgan fingerprint density at radius 3 is 2.60 bits per heavy atom. The summed E-state index contributed by atoms with van der Waals surface area (Å²) in [6.07, 6.45) is 5.53. The van der Waals surface area contributed by atoms with Crippen LogP contribution in [0.1, 0.15) is 6.92 Å². The fourth-order valence-corrected chi connectivity index (χ4v) is 0.474. The van der Waals surface area contributed by atoms with Crippen LogP contribution >= 0.6 is 12.6 Å². The van der Waals surface area contributed by atoms with Gasteiger partial charge in [-0.3, -0.25) is 0 Å². The third-order valence-electron chi connectivity index (χ3n) is 0.924. The molecule has 1 aromatic heterocycles. The van der Waals surface area contributed by atoms with E-state index in [4.69, 9.17) is 5.26 Å². The number of imidazole rings is 1. The maximum Gasteiger partial charge on any atom is 0.130 e. The minimum Gasteiger partial charge on any atom is -0.338 e. The first-order valence-electron chi connectivity index (χ1n) is 2.84. The molecule has 0 aliphatic heterocycles. The number of aromatic nitrogens is 2. The smallest absolute Gasteiger partial charge is 0.130 e. The number of hydrogen-bond acceptors (Lipinski definition) is 3. The van der Waals surface area contributed by atoms with E-state index in [2.05, 4.69) is 24.5 Å². The van der Waals surface area contributed by atoms with Crippen LogP contribution in [-0.2, 0) is 6.54 Å². The van der Waals surface area contributed by atoms with Crippen LogP contribution in [0.5, 0.6) is 0 Å². The Balaban J connectivity index is 0.000000236. The molecule has 0 atom stereocenters. The van der Waals surface area contributed by atoms with Crippen molar-refractivity contribution < 1.29 is 0 Å². The van der Waals surface area contributed by atoms with Gasteiger partial charge in [0.1, 0.15) is 5.40 Å². The van der Waals surface area contributed by atoms with Crippen LogP contribution < -0.4 is 0 Å². The molecule has 1 aromatic rings. The van der Waals surface area contributed by atoms with E-state index in [0.29, 0.717) is 0 Å². The molecule has 1 rings (SSSR count). The van der Waals surface area contributed by atoms with Crippen molar-refractivity contribution in [2.45, 2.75) is 13.5 Å². The van der Waals surface area contributed by atoms with E-state index in [1.54, 1.807) is 12.5 Å². The van der Waals surface area contributed by atoms with Gasteiger partial charge in [-0.1, -0.05) is 12.6 Å². The molecule has 0 aromatic carbocycles. The Hall–Kier alpha value is -0.950. The SMILES string of the molecule is CCn1ccnc1.N#CS. The zero-order chi connectivity index (χ0) is 7.82. The third-order valence-corrected chi connectivity index (χ3v) is 0.924. The summed E-state index contributed by atoms with van der Waals surface area (Å²) < 4.78 is 2.01. The van der Waals surface area contributed by atoms with Crippen molar-refractivity contribution in [2.24, 2.45) is 0 Å². The molecule has 10 heavy (non-hydrogen) atoms. The number of thiocyanates is 1. The second kappa shape index (κ2) is 6.17. The number of nitrogens with zero attached hydrogens (tertiary/aromatic N) is 3. The summed E-state index contributed by atoms with van der Waals surface area (Å²) in [6.45, 7) is 3.10. The molecular formula is C6H9N3S. The van der Waals surface area contributed by atoms with Gasteiger partial charge in [-0.05, 0) is 6.92 Å². The van der Waals surface area contributed by atoms with Gasteiger partial charge in [0.2, 0.25) is 0 Å². The van der Waals surface area contributed by atoms with Crippen molar-refractivity contribution in [3.05, 3.63) is 18.7 Å². The summed E-state index contributed by atoms with van der Waals surface area (Å²) in [7, 11) is 0. The molecule has 0 bridgehead atoms. The van der Waals surface area contributed by atoms with Crippen LogP contribution in [0.4, 0.5) is 0 Å². The van der Waals surface area contributed by atoms with Crippen molar-refractivity contribution >= 4 is 12.6 Å². The minimum atomic E-state index is 1.01. The van der Waals surface area contributed by atoms with Crippen LogP contribution in [0.15, 0.2) is 18.7 Å². The molecule has 0 spiro atoms. The van der Waals surface area contributed by atoms with E-state index in [-0.39, 0.29) is 0 Å². The highest BCUT2D eigenvalue weighted by Gasteiger charge is 1.77. The lowest BCUT2D eigenvalue weighted by molar-refractivity contribution is 0.761. The van der Waals surface area contributed by atoms with Crippen molar-refractivity contribution in [1.29, 1.82) is 5.26 Å². The van der Waals surface area contributed by atoms with Gasteiger partial charge in [0.05, 0.1) is 6.33 Å². The summed E-state index contributed by atoms with van der Waals surface area (Å²) >= 11 is 3.09. The number of nitriles is 1. The second-order valence-corrected chi connectivity index (χ2v) is 1.69. The van der Waals surface area contributed by atoms with Gasteiger partial charge < -0.3 is 4.57 Å². The van der Waals surface area contributed by atoms with Gasteiger partial charge >= 0.3 is 0 Å². The molecular weight excluding hydrogens is 146 g/mol. The minimum absolute atomic E-state index is 1.01. The van der Waals surface area contributed by atoms with Crippen molar-refractivity contribution in [1.82, 2.24) is 9.55 Å². The average molecular weight is 155 g/mol. The fraction of sp³-hybridized carbons (Fsp3) is 0.333. The fourth-order valence-electron chi connectivity index (χ4n) is 0.474. The van der Waals surface area contributed by atoms with E-state index in [1.165, 1.54) is 5.40 Å². The number of thiol groups is 1. The zero-order valence-corrected chi connectivity index (χ0v) is 6.62. The van der Waals surface area contributed by atoms with Crippen molar-refractivity contribution in [3.8, 4) is 5.40 Å². The lowest BCUT2D eigenvalue weighted by atomic mass is 10.7. The molecule has 0 aliphatic carbocycles. The van der Waals surface area contributed by atoms with Gasteiger partial charge in [-0.15, -0.1) is 0 Å². The Morgan fingerprint density at radius 2 is 2.40 bits per heavy atom. The normalized spacial score (nSPS) is 7.30. The lowest BCUT2D eigenvalue weighted by Gasteiger charge is -1.87. The summed E-state index contributed by atoms with van der Waals surface area (Å²) in [4.78, 5) is 3.86. The summed E-state index contributed by atoms with van der Waals surface area (Å²) in [6, 6.07) is 0. The van der Waals surface area contributed by atoms with Crippen LogP contribution in [-0.4, -0.2) is 9.55 Å². The highest BCUT2D eigenvalue weighted by atomic mass is 32.1. The third kappa shape index (κ3) is 3.98. The first-order chi connectivity index (χ1) is 4.85. The summed E-state index contributed by atoms with van der Waals surface area (Å²) in [5, 5.41) is 8.63. The number of aryl methyl sites for hydroxylation is 1. The van der Waals surface area contributed by atoms with Crippen LogP contribution in [0.25, 0.3) is 0 Å². The quantitative estimate of drug-likeness (QED) is 0.490. The van der Waals surface area contributed by atoms with Gasteiger partial charge in [0.25, 0.3) is 0 Å². The molecule has 3 nitrogen and oxygen atoms in total. The second-order valence-electron chi connectivity index (χ2n) is 1.49. The average Bonchev–Trinajstić information content (AvgIpc) is 2.39. The van der Waals surface area contributed by atoms with E-state index >= 15 is 0 Å². The van der Waals surface area contributed by atoms with Crippen molar-refractivity contribution in [3.63, 3.8) is 0 Å². The maximum absolute atomic E-state index is 7.18. The molecule has 0 saturated carbocycles. The van der Waals surface area contributed by atoms with E-state index in [0.717, 1.165) is 6.54 Å². The van der Waals surface area contributed by atoms with Gasteiger partial charge in [-0.25, -0.2) is 4.98 Å². The molecule has 0 amide bonds. The topological polar surface area (TPSA) is 41.6 Å². The maximum atomic E-state index is 7.18. The van der Waals surface area contributed by atoms with Crippen LogP contribution in [0, 0.1) is 10.7 Å². The number of rotatable bonds is 1. The Morgan fingerprint density at radius 1 is 1.80 bits per heavy atom. The highest BCUT2D eigenvalue weighted by Crippen LogP contribution is 1.81. The molecule has 4 heteroatoms. The Kier molecular flexibility index (Phi) is 5.59. The van der Waals surface area contributed by atoms with Gasteiger partial charge in [0, 0.05) is 18.9 Å². The van der Waals surface area contributed by atoms with E-state index < -0.39 is 0 Å². The summed E-state index contributed by atoms with van der Waals surface area (Å²) in [5.41, 5.74) is 0. The van der Waals surface area contributed by atoms with Gasteiger partial charge in [-0.2, -0.15) is 5.26 Å². The van der Waals surface area contributed by atoms with Crippen LogP contribution in [0.3, 0.4) is 0 Å². The predicted molar refractivity (Wildman–Crippen MR) is 42.5 cm³/mol. The molecule has 0 unspecified atom stereocenters. The monoisotopic (exact) mass is 155 g/mol. The first-order valence-corrected chi connectivity index (χ1v) is 3.28.